The topological polar surface area (TPSA) is 54.3 Å². The molecule has 140 valence electrons. The highest BCUT2D eigenvalue weighted by Crippen LogP contribution is 2.24. The highest BCUT2D eigenvalue weighted by Gasteiger charge is 2.21. The smallest absolute Gasteiger partial charge is 0.233 e. The molecule has 0 saturated carbocycles. The van der Waals surface area contributed by atoms with Gasteiger partial charge in [-0.05, 0) is 26.5 Å². The van der Waals surface area contributed by atoms with E-state index in [0.29, 0.717) is 5.75 Å². The number of carbonyl (C=O) groups is 1. The lowest BCUT2D eigenvalue weighted by Gasteiger charge is -2.34. The third-order valence-electron chi connectivity index (χ3n) is 4.81. The molecular weight excluding hydrogens is 346 g/mol. The average molecular weight is 374 g/mol. The van der Waals surface area contributed by atoms with Gasteiger partial charge in [-0.1, -0.05) is 42.4 Å². The molecule has 7 heteroatoms. The van der Waals surface area contributed by atoms with Gasteiger partial charge in [0.15, 0.2) is 11.0 Å². The van der Waals surface area contributed by atoms with Crippen LogP contribution in [0.5, 0.6) is 0 Å². The van der Waals surface area contributed by atoms with Gasteiger partial charge in [0, 0.05) is 38.3 Å². The largest absolute Gasteiger partial charge is 0.339 e. The lowest BCUT2D eigenvalue weighted by Crippen LogP contribution is -2.49. The van der Waals surface area contributed by atoms with Crippen LogP contribution in [0.3, 0.4) is 0 Å². The Morgan fingerprint density at radius 1 is 1.12 bits per heavy atom. The van der Waals surface area contributed by atoms with Crippen molar-refractivity contribution < 1.29 is 4.79 Å². The maximum atomic E-state index is 12.5. The maximum absolute atomic E-state index is 12.5. The third-order valence-corrected chi connectivity index (χ3v) is 5.76. The van der Waals surface area contributed by atoms with Gasteiger partial charge in [-0.15, -0.1) is 10.2 Å². The second-order valence-corrected chi connectivity index (χ2v) is 7.47. The molecule has 3 rings (SSSR count). The Morgan fingerprint density at radius 2 is 1.88 bits per heavy atom. The lowest BCUT2D eigenvalue weighted by atomic mass is 10.1. The molecule has 1 fully saturated rings. The van der Waals surface area contributed by atoms with Crippen molar-refractivity contribution in [3.8, 4) is 11.4 Å². The van der Waals surface area contributed by atoms with Crippen LogP contribution in [0.25, 0.3) is 11.4 Å². The van der Waals surface area contributed by atoms with Gasteiger partial charge in [0.05, 0.1) is 5.75 Å². The van der Waals surface area contributed by atoms with Crippen LogP contribution < -0.4 is 0 Å². The molecule has 0 atom stereocenters. The third kappa shape index (κ3) is 4.27. The van der Waals surface area contributed by atoms with Crippen LogP contribution in [0.2, 0.25) is 0 Å². The maximum Gasteiger partial charge on any atom is 0.233 e. The van der Waals surface area contributed by atoms with E-state index in [1.54, 1.807) is 0 Å². The molecule has 1 amide bonds. The van der Waals surface area contributed by atoms with E-state index in [4.69, 9.17) is 0 Å². The van der Waals surface area contributed by atoms with Crippen LogP contribution in [-0.4, -0.2) is 68.9 Å². The summed E-state index contributed by atoms with van der Waals surface area (Å²) in [6.07, 6.45) is 0. The van der Waals surface area contributed by atoms with E-state index in [-0.39, 0.29) is 5.91 Å². The van der Waals surface area contributed by atoms with Crippen LogP contribution in [0, 0.1) is 6.92 Å². The summed E-state index contributed by atoms with van der Waals surface area (Å²) in [6.45, 7) is 11.7. The van der Waals surface area contributed by atoms with Crippen molar-refractivity contribution in [2.75, 3.05) is 38.5 Å². The number of hydrogen-bond acceptors (Lipinski definition) is 5. The zero-order valence-electron chi connectivity index (χ0n) is 15.8. The first-order chi connectivity index (χ1) is 12.6. The molecule has 1 aromatic heterocycles. The van der Waals surface area contributed by atoms with Crippen molar-refractivity contribution in [3.05, 3.63) is 29.8 Å². The van der Waals surface area contributed by atoms with Crippen LogP contribution in [0.4, 0.5) is 0 Å². The first-order valence-corrected chi connectivity index (χ1v) is 10.2. The Morgan fingerprint density at radius 3 is 2.54 bits per heavy atom. The van der Waals surface area contributed by atoms with Gasteiger partial charge in [-0.25, -0.2) is 0 Å². The number of nitrogens with zero attached hydrogens (tertiary/aromatic N) is 5. The number of thioether (sulfide) groups is 1. The van der Waals surface area contributed by atoms with Crippen LogP contribution in [0.15, 0.2) is 29.4 Å². The van der Waals surface area contributed by atoms with E-state index >= 15 is 0 Å². The predicted octanol–water partition coefficient (Wildman–Crippen LogP) is 2.53. The summed E-state index contributed by atoms with van der Waals surface area (Å²) < 4.78 is 2.09. The highest BCUT2D eigenvalue weighted by atomic mass is 32.2. The fraction of sp³-hybridized carbons (Fsp3) is 0.526. The average Bonchev–Trinajstić information content (AvgIpc) is 3.09. The molecule has 26 heavy (non-hydrogen) atoms. The molecule has 0 unspecified atom stereocenters. The fourth-order valence-electron chi connectivity index (χ4n) is 3.21. The molecule has 0 radical (unpaired) electrons. The zero-order valence-corrected chi connectivity index (χ0v) is 16.6. The van der Waals surface area contributed by atoms with Crippen molar-refractivity contribution in [3.63, 3.8) is 0 Å². The minimum atomic E-state index is 0.188. The molecule has 0 N–H and O–H groups in total. The lowest BCUT2D eigenvalue weighted by molar-refractivity contribution is -0.130. The van der Waals surface area contributed by atoms with Crippen LogP contribution in [-0.2, 0) is 11.3 Å². The van der Waals surface area contributed by atoms with Crippen molar-refractivity contribution in [1.82, 2.24) is 24.6 Å². The zero-order chi connectivity index (χ0) is 18.5. The summed E-state index contributed by atoms with van der Waals surface area (Å²) in [5.41, 5.74) is 2.26. The molecule has 0 spiro atoms. The minimum Gasteiger partial charge on any atom is -0.339 e. The second kappa shape index (κ2) is 8.68. The Balaban J connectivity index is 1.64. The second-order valence-electron chi connectivity index (χ2n) is 6.52. The summed E-state index contributed by atoms with van der Waals surface area (Å²) in [5, 5.41) is 9.51. The standard InChI is InChI=1S/C19H27N5OS/c1-4-22-9-11-23(12-10-22)17(25)14-26-19-21-20-18(24(19)5-2)16-8-6-7-15(3)13-16/h6-8,13H,4-5,9-12,14H2,1-3H3. The molecule has 2 heterocycles. The molecule has 0 aliphatic carbocycles. The van der Waals surface area contributed by atoms with E-state index in [1.807, 2.05) is 11.0 Å². The quantitative estimate of drug-likeness (QED) is 0.729. The number of amides is 1. The van der Waals surface area contributed by atoms with Gasteiger partial charge in [0.1, 0.15) is 0 Å². The van der Waals surface area contributed by atoms with Gasteiger partial charge in [0.2, 0.25) is 5.91 Å². The van der Waals surface area contributed by atoms with Gasteiger partial charge >= 0.3 is 0 Å². The van der Waals surface area contributed by atoms with Crippen molar-refractivity contribution in [2.45, 2.75) is 32.5 Å². The van der Waals surface area contributed by atoms with Crippen molar-refractivity contribution in [2.24, 2.45) is 0 Å². The molecule has 0 bridgehead atoms. The summed E-state index contributed by atoms with van der Waals surface area (Å²) in [5.74, 6) is 1.47. The normalized spacial score (nSPS) is 15.4. The molecule has 1 aliphatic heterocycles. The van der Waals surface area contributed by atoms with Gasteiger partial charge in [0.25, 0.3) is 0 Å². The first-order valence-electron chi connectivity index (χ1n) is 9.25. The van der Waals surface area contributed by atoms with E-state index in [2.05, 4.69) is 58.6 Å². The Labute approximate surface area is 159 Å². The number of likely N-dealkylation sites (N-methyl/N-ethyl adjacent to an activating group) is 1. The molecule has 1 aliphatic rings. The minimum absolute atomic E-state index is 0.188. The van der Waals surface area contributed by atoms with Gasteiger partial charge in [-0.3, -0.25) is 4.79 Å². The summed E-state index contributed by atoms with van der Waals surface area (Å²) in [4.78, 5) is 16.9. The summed E-state index contributed by atoms with van der Waals surface area (Å²) in [6, 6.07) is 8.27. The van der Waals surface area contributed by atoms with E-state index in [1.165, 1.54) is 17.3 Å². The summed E-state index contributed by atoms with van der Waals surface area (Å²) >= 11 is 1.48. The number of piperazine rings is 1. The predicted molar refractivity (Wildman–Crippen MR) is 105 cm³/mol. The molecule has 2 aromatic rings. The number of rotatable bonds is 6. The number of carbonyl (C=O) groups excluding carboxylic acids is 1. The van der Waals surface area contributed by atoms with Crippen molar-refractivity contribution >= 4 is 17.7 Å². The van der Waals surface area contributed by atoms with E-state index in [9.17, 15) is 4.79 Å². The highest BCUT2D eigenvalue weighted by molar-refractivity contribution is 7.99. The molecule has 1 aromatic carbocycles. The van der Waals surface area contributed by atoms with E-state index in [0.717, 1.165) is 55.8 Å². The first kappa shape index (κ1) is 18.9. The van der Waals surface area contributed by atoms with Crippen LogP contribution in [0.1, 0.15) is 19.4 Å². The monoisotopic (exact) mass is 373 g/mol. The summed E-state index contributed by atoms with van der Waals surface area (Å²) in [7, 11) is 0. The Hall–Kier alpha value is -1.86. The van der Waals surface area contributed by atoms with Gasteiger partial charge in [-0.2, -0.15) is 0 Å². The number of benzene rings is 1. The molecular formula is C19H27N5OS. The number of aryl methyl sites for hydroxylation is 1. The van der Waals surface area contributed by atoms with Crippen molar-refractivity contribution in [1.29, 1.82) is 0 Å². The van der Waals surface area contributed by atoms with Crippen LogP contribution >= 0.6 is 11.8 Å². The molecule has 1 saturated heterocycles. The Bertz CT molecular complexity index is 752. The SMILES string of the molecule is CCN1CCN(C(=O)CSc2nnc(-c3cccc(C)c3)n2CC)CC1. The molecule has 6 nitrogen and oxygen atoms in total. The number of hydrogen-bond donors (Lipinski definition) is 0. The van der Waals surface area contributed by atoms with E-state index < -0.39 is 0 Å². The number of aromatic nitrogens is 3. The van der Waals surface area contributed by atoms with Gasteiger partial charge < -0.3 is 14.4 Å². The Kier molecular flexibility index (Phi) is 6.32. The fourth-order valence-corrected chi connectivity index (χ4v) is 4.11.